The number of carbonyl (C=O) groups excluding carboxylic acids is 2. The lowest BCUT2D eigenvalue weighted by atomic mass is 10.2. The molecule has 0 saturated heterocycles. The first-order valence-corrected chi connectivity index (χ1v) is 10.9. The lowest BCUT2D eigenvalue weighted by Crippen LogP contribution is -2.42. The summed E-state index contributed by atoms with van der Waals surface area (Å²) in [5.74, 6) is -0.970. The van der Waals surface area contributed by atoms with E-state index >= 15 is 0 Å². The van der Waals surface area contributed by atoms with Gasteiger partial charge >= 0.3 is 0 Å². The number of amides is 2. The SMILES string of the molecule is Cn1cc(C(=O)NNC(=O)CCNS(=O)(=O)c2ccc(Br)cc2)c2ccccc21. The fourth-order valence-corrected chi connectivity index (χ4v) is 4.07. The third-order valence-electron chi connectivity index (χ3n) is 4.23. The lowest BCUT2D eigenvalue weighted by molar-refractivity contribution is -0.121. The number of fused-ring (bicyclic) bond motifs is 1. The first-order chi connectivity index (χ1) is 13.8. The number of nitrogens with zero attached hydrogens (tertiary/aromatic N) is 1. The van der Waals surface area contributed by atoms with Crippen molar-refractivity contribution in [2.75, 3.05) is 6.54 Å². The summed E-state index contributed by atoms with van der Waals surface area (Å²) in [4.78, 5) is 24.4. The van der Waals surface area contributed by atoms with Crippen molar-refractivity contribution in [2.24, 2.45) is 7.05 Å². The van der Waals surface area contributed by atoms with E-state index in [0.717, 1.165) is 15.4 Å². The summed E-state index contributed by atoms with van der Waals surface area (Å²) >= 11 is 3.24. The Balaban J connectivity index is 1.51. The summed E-state index contributed by atoms with van der Waals surface area (Å²) < 4.78 is 29.3. The van der Waals surface area contributed by atoms with Gasteiger partial charge in [-0.15, -0.1) is 0 Å². The Bertz CT molecular complexity index is 1160. The third kappa shape index (κ3) is 5.03. The Morgan fingerprint density at radius 2 is 1.72 bits per heavy atom. The van der Waals surface area contributed by atoms with E-state index in [-0.39, 0.29) is 17.9 Å². The quantitative estimate of drug-likeness (QED) is 0.471. The highest BCUT2D eigenvalue weighted by Gasteiger charge is 2.16. The van der Waals surface area contributed by atoms with Crippen LogP contribution in [0.2, 0.25) is 0 Å². The van der Waals surface area contributed by atoms with E-state index in [1.807, 2.05) is 35.9 Å². The van der Waals surface area contributed by atoms with Crippen LogP contribution in [0.15, 0.2) is 64.1 Å². The third-order valence-corrected chi connectivity index (χ3v) is 6.23. The van der Waals surface area contributed by atoms with Gasteiger partial charge in [-0.25, -0.2) is 13.1 Å². The zero-order chi connectivity index (χ0) is 21.0. The van der Waals surface area contributed by atoms with Gasteiger partial charge in [-0.2, -0.15) is 0 Å². The molecule has 2 aromatic carbocycles. The maximum absolute atomic E-state index is 12.4. The van der Waals surface area contributed by atoms with Crippen LogP contribution in [-0.4, -0.2) is 31.3 Å². The summed E-state index contributed by atoms with van der Waals surface area (Å²) in [6.07, 6.45) is 1.55. The molecule has 152 valence electrons. The van der Waals surface area contributed by atoms with Gasteiger partial charge in [0.2, 0.25) is 15.9 Å². The Hall–Kier alpha value is -2.69. The summed E-state index contributed by atoms with van der Waals surface area (Å²) in [6.45, 7) is -0.103. The van der Waals surface area contributed by atoms with Crippen LogP contribution in [0.5, 0.6) is 0 Å². The number of halogens is 1. The molecular formula is C19H19BrN4O4S. The van der Waals surface area contributed by atoms with E-state index in [4.69, 9.17) is 0 Å². The predicted octanol–water partition coefficient (Wildman–Crippen LogP) is 2.07. The Morgan fingerprint density at radius 3 is 2.45 bits per heavy atom. The van der Waals surface area contributed by atoms with Crippen molar-refractivity contribution in [1.82, 2.24) is 20.1 Å². The predicted molar refractivity (Wildman–Crippen MR) is 112 cm³/mol. The highest BCUT2D eigenvalue weighted by atomic mass is 79.9. The number of carbonyl (C=O) groups is 2. The van der Waals surface area contributed by atoms with Crippen molar-refractivity contribution in [2.45, 2.75) is 11.3 Å². The summed E-state index contributed by atoms with van der Waals surface area (Å²) in [5.41, 5.74) is 5.98. The second kappa shape index (κ2) is 8.76. The van der Waals surface area contributed by atoms with Crippen LogP contribution in [0.4, 0.5) is 0 Å². The lowest BCUT2D eigenvalue weighted by Gasteiger charge is -2.08. The zero-order valence-electron chi connectivity index (χ0n) is 15.5. The first-order valence-electron chi connectivity index (χ1n) is 8.66. The minimum absolute atomic E-state index is 0.102. The highest BCUT2D eigenvalue weighted by molar-refractivity contribution is 9.10. The molecule has 2 amide bonds. The molecule has 10 heteroatoms. The normalized spacial score (nSPS) is 11.4. The van der Waals surface area contributed by atoms with Crippen molar-refractivity contribution < 1.29 is 18.0 Å². The van der Waals surface area contributed by atoms with E-state index in [1.54, 1.807) is 18.3 Å². The molecule has 0 atom stereocenters. The largest absolute Gasteiger partial charge is 0.350 e. The molecule has 0 radical (unpaired) electrons. The molecule has 0 fully saturated rings. The van der Waals surface area contributed by atoms with Gasteiger partial charge < -0.3 is 4.57 Å². The number of sulfonamides is 1. The Labute approximate surface area is 176 Å². The molecule has 1 aromatic heterocycles. The van der Waals surface area contributed by atoms with Gasteiger partial charge in [-0.1, -0.05) is 34.1 Å². The fraction of sp³-hybridized carbons (Fsp3) is 0.158. The van der Waals surface area contributed by atoms with E-state index in [0.29, 0.717) is 5.56 Å². The fourth-order valence-electron chi connectivity index (χ4n) is 2.77. The van der Waals surface area contributed by atoms with Gasteiger partial charge in [-0.05, 0) is 30.3 Å². The molecule has 0 aliphatic heterocycles. The van der Waals surface area contributed by atoms with Crippen LogP contribution in [0, 0.1) is 0 Å². The molecule has 29 heavy (non-hydrogen) atoms. The van der Waals surface area contributed by atoms with E-state index in [2.05, 4.69) is 31.5 Å². The zero-order valence-corrected chi connectivity index (χ0v) is 17.9. The standard InChI is InChI=1S/C19H19BrN4O4S/c1-24-12-16(15-4-2-3-5-17(15)24)19(26)23-22-18(25)10-11-21-29(27,28)14-8-6-13(20)7-9-14/h2-9,12,21H,10-11H2,1H3,(H,22,25)(H,23,26). The van der Waals surface area contributed by atoms with Gasteiger partial charge in [0.25, 0.3) is 5.91 Å². The second-order valence-corrected chi connectivity index (χ2v) is 8.96. The topological polar surface area (TPSA) is 109 Å². The molecule has 1 heterocycles. The van der Waals surface area contributed by atoms with Crippen molar-refractivity contribution in [3.05, 3.63) is 64.8 Å². The summed E-state index contributed by atoms with van der Waals surface area (Å²) in [6, 6.07) is 13.6. The van der Waals surface area contributed by atoms with Crippen LogP contribution in [0.3, 0.4) is 0 Å². The molecule has 3 rings (SSSR count). The molecule has 0 aliphatic carbocycles. The molecule has 3 aromatic rings. The number of hydrogen-bond donors (Lipinski definition) is 3. The summed E-state index contributed by atoms with van der Waals surface area (Å²) in [7, 11) is -1.88. The number of hydrogen-bond acceptors (Lipinski definition) is 4. The van der Waals surface area contributed by atoms with Crippen LogP contribution < -0.4 is 15.6 Å². The number of aryl methyl sites for hydroxylation is 1. The maximum atomic E-state index is 12.4. The van der Waals surface area contributed by atoms with Gasteiger partial charge in [0.1, 0.15) is 0 Å². The number of hydrazine groups is 1. The van der Waals surface area contributed by atoms with Crippen LogP contribution >= 0.6 is 15.9 Å². The number of aromatic nitrogens is 1. The molecule has 0 saturated carbocycles. The Morgan fingerprint density at radius 1 is 1.03 bits per heavy atom. The number of nitrogens with one attached hydrogen (secondary N) is 3. The van der Waals surface area contributed by atoms with Crippen LogP contribution in [0.1, 0.15) is 16.8 Å². The smallest absolute Gasteiger partial charge is 0.271 e. The van der Waals surface area contributed by atoms with Crippen LogP contribution in [-0.2, 0) is 21.9 Å². The molecule has 0 aliphatic rings. The monoisotopic (exact) mass is 478 g/mol. The minimum Gasteiger partial charge on any atom is -0.350 e. The van der Waals surface area contributed by atoms with Crippen molar-refractivity contribution >= 4 is 48.7 Å². The number of benzene rings is 2. The Kier molecular flexibility index (Phi) is 6.36. The number of rotatable bonds is 6. The van der Waals surface area contributed by atoms with Crippen molar-refractivity contribution in [3.63, 3.8) is 0 Å². The van der Waals surface area contributed by atoms with E-state index in [9.17, 15) is 18.0 Å². The molecule has 0 spiro atoms. The second-order valence-electron chi connectivity index (χ2n) is 6.27. The van der Waals surface area contributed by atoms with E-state index < -0.39 is 21.8 Å². The highest BCUT2D eigenvalue weighted by Crippen LogP contribution is 2.19. The van der Waals surface area contributed by atoms with Crippen LogP contribution in [0.25, 0.3) is 10.9 Å². The average Bonchev–Trinajstić information content (AvgIpc) is 3.03. The van der Waals surface area contributed by atoms with E-state index in [1.165, 1.54) is 12.1 Å². The van der Waals surface area contributed by atoms with Crippen molar-refractivity contribution in [3.8, 4) is 0 Å². The average molecular weight is 479 g/mol. The maximum Gasteiger partial charge on any atom is 0.271 e. The molecule has 0 bridgehead atoms. The number of para-hydroxylation sites is 1. The summed E-state index contributed by atoms with van der Waals surface area (Å²) in [5, 5.41) is 0.768. The minimum atomic E-state index is -3.71. The van der Waals surface area contributed by atoms with Crippen molar-refractivity contribution in [1.29, 1.82) is 0 Å². The van der Waals surface area contributed by atoms with Gasteiger partial charge in [0.05, 0.1) is 10.5 Å². The van der Waals surface area contributed by atoms with Gasteiger partial charge in [-0.3, -0.25) is 20.4 Å². The van der Waals surface area contributed by atoms with Gasteiger partial charge in [0, 0.05) is 41.6 Å². The molecule has 3 N–H and O–H groups in total. The molecule has 0 unspecified atom stereocenters. The molecular weight excluding hydrogens is 460 g/mol. The van der Waals surface area contributed by atoms with Gasteiger partial charge in [0.15, 0.2) is 0 Å². The molecule has 8 nitrogen and oxygen atoms in total. The first kappa shape index (κ1) is 21.0.